The number of benzene rings is 2. The number of nitrogens with one attached hydrogen (secondary N) is 3. The van der Waals surface area contributed by atoms with E-state index < -0.39 is 11.8 Å². The number of amides is 3. The Bertz CT molecular complexity index is 1090. The zero-order valence-electron chi connectivity index (χ0n) is 20.8. The molecule has 1 aliphatic heterocycles. The summed E-state index contributed by atoms with van der Waals surface area (Å²) in [4.78, 5) is 36.2. The lowest BCUT2D eigenvalue weighted by Gasteiger charge is -2.14. The standard InChI is InChI=1S/C26H32N4O6/c1-4-34-22-13-19(14-28-30-26(33)25(32)27-15-20-9-6-12-35-20)10-11-21(22)36-16-23(31)29-24-17(2)7-5-8-18(24)3/h5,7-8,10-11,13-14,20H,4,6,9,12,15-16H2,1-3H3,(H,27,32)(H,29,31)(H,30,33)/b28-14-/t20-/m1/s1. The zero-order chi connectivity index (χ0) is 25.9. The van der Waals surface area contributed by atoms with Crippen LogP contribution in [-0.2, 0) is 19.1 Å². The van der Waals surface area contributed by atoms with Crippen molar-refractivity contribution < 1.29 is 28.6 Å². The van der Waals surface area contributed by atoms with E-state index in [1.807, 2.05) is 39.0 Å². The van der Waals surface area contributed by atoms with E-state index in [1.54, 1.807) is 18.2 Å². The average Bonchev–Trinajstić information content (AvgIpc) is 3.38. The Hall–Kier alpha value is -3.92. The molecule has 1 fully saturated rings. The van der Waals surface area contributed by atoms with Crippen molar-refractivity contribution >= 4 is 29.6 Å². The molecule has 0 unspecified atom stereocenters. The van der Waals surface area contributed by atoms with Gasteiger partial charge >= 0.3 is 11.8 Å². The van der Waals surface area contributed by atoms with Gasteiger partial charge in [0.05, 0.1) is 18.9 Å². The van der Waals surface area contributed by atoms with Gasteiger partial charge in [-0.05, 0) is 68.5 Å². The fraction of sp³-hybridized carbons (Fsp3) is 0.385. The highest BCUT2D eigenvalue weighted by atomic mass is 16.5. The quantitative estimate of drug-likeness (QED) is 0.263. The molecule has 1 atom stereocenters. The van der Waals surface area contributed by atoms with E-state index >= 15 is 0 Å². The molecule has 0 aliphatic carbocycles. The topological polar surface area (TPSA) is 127 Å². The maximum Gasteiger partial charge on any atom is 0.329 e. The van der Waals surface area contributed by atoms with Crippen molar-refractivity contribution in [3.63, 3.8) is 0 Å². The summed E-state index contributed by atoms with van der Waals surface area (Å²) in [5.74, 6) is -1.13. The van der Waals surface area contributed by atoms with Gasteiger partial charge in [0, 0.05) is 18.8 Å². The van der Waals surface area contributed by atoms with Crippen molar-refractivity contribution in [2.75, 3.05) is 31.7 Å². The molecule has 1 saturated heterocycles. The van der Waals surface area contributed by atoms with E-state index in [4.69, 9.17) is 14.2 Å². The maximum absolute atomic E-state index is 12.4. The Kier molecular flexibility index (Phi) is 9.82. The van der Waals surface area contributed by atoms with Gasteiger partial charge in [-0.15, -0.1) is 0 Å². The van der Waals surface area contributed by atoms with E-state index in [-0.39, 0.29) is 25.2 Å². The van der Waals surface area contributed by atoms with Gasteiger partial charge in [-0.3, -0.25) is 14.4 Å². The average molecular weight is 497 g/mol. The molecule has 1 aliphatic rings. The number of para-hydroxylation sites is 1. The second-order valence-electron chi connectivity index (χ2n) is 8.29. The van der Waals surface area contributed by atoms with Gasteiger partial charge in [-0.25, -0.2) is 5.43 Å². The summed E-state index contributed by atoms with van der Waals surface area (Å²) in [6, 6.07) is 10.8. The smallest absolute Gasteiger partial charge is 0.329 e. The number of carbonyl (C=O) groups excluding carboxylic acids is 3. The lowest BCUT2D eigenvalue weighted by atomic mass is 10.1. The first-order valence-corrected chi connectivity index (χ1v) is 11.9. The second kappa shape index (κ2) is 13.2. The number of carbonyl (C=O) groups is 3. The first-order valence-electron chi connectivity index (χ1n) is 11.9. The lowest BCUT2D eigenvalue weighted by Crippen LogP contribution is -2.41. The molecular weight excluding hydrogens is 464 g/mol. The monoisotopic (exact) mass is 496 g/mol. The van der Waals surface area contributed by atoms with Gasteiger partial charge in [0.15, 0.2) is 18.1 Å². The lowest BCUT2D eigenvalue weighted by molar-refractivity contribution is -0.139. The third-order valence-electron chi connectivity index (χ3n) is 5.47. The van der Waals surface area contributed by atoms with Crippen LogP contribution in [0.4, 0.5) is 5.69 Å². The summed E-state index contributed by atoms with van der Waals surface area (Å²) >= 11 is 0. The number of hydrogen-bond donors (Lipinski definition) is 3. The van der Waals surface area contributed by atoms with Crippen LogP contribution >= 0.6 is 0 Å². The van der Waals surface area contributed by atoms with Crippen molar-refractivity contribution in [2.24, 2.45) is 5.10 Å². The minimum atomic E-state index is -0.871. The van der Waals surface area contributed by atoms with Crippen LogP contribution in [0.3, 0.4) is 0 Å². The van der Waals surface area contributed by atoms with Crippen LogP contribution in [-0.4, -0.2) is 56.4 Å². The van der Waals surface area contributed by atoms with Crippen molar-refractivity contribution in [1.82, 2.24) is 10.7 Å². The van der Waals surface area contributed by atoms with Crippen LogP contribution in [0.25, 0.3) is 0 Å². The fourth-order valence-electron chi connectivity index (χ4n) is 3.63. The van der Waals surface area contributed by atoms with Gasteiger partial charge < -0.3 is 24.8 Å². The molecule has 3 amide bonds. The van der Waals surface area contributed by atoms with Gasteiger partial charge in [0.25, 0.3) is 5.91 Å². The first-order chi connectivity index (χ1) is 17.4. The number of hydrogen-bond acceptors (Lipinski definition) is 7. The van der Waals surface area contributed by atoms with Gasteiger partial charge in [0.2, 0.25) is 0 Å². The van der Waals surface area contributed by atoms with Crippen molar-refractivity contribution in [1.29, 1.82) is 0 Å². The number of hydrazone groups is 1. The molecule has 0 aromatic heterocycles. The van der Waals surface area contributed by atoms with Crippen LogP contribution in [0.2, 0.25) is 0 Å². The Morgan fingerprint density at radius 3 is 2.56 bits per heavy atom. The van der Waals surface area contributed by atoms with Crippen molar-refractivity contribution in [3.05, 3.63) is 53.1 Å². The predicted molar refractivity (Wildman–Crippen MR) is 135 cm³/mol. The van der Waals surface area contributed by atoms with Gasteiger partial charge in [0.1, 0.15) is 0 Å². The molecule has 1 heterocycles. The molecule has 2 aromatic carbocycles. The number of anilines is 1. The summed E-state index contributed by atoms with van der Waals surface area (Å²) in [6.07, 6.45) is 3.13. The summed E-state index contributed by atoms with van der Waals surface area (Å²) in [5.41, 5.74) is 5.50. The van der Waals surface area contributed by atoms with E-state index in [1.165, 1.54) is 6.21 Å². The molecular formula is C26H32N4O6. The molecule has 0 saturated carbocycles. The van der Waals surface area contributed by atoms with Crippen LogP contribution in [0.15, 0.2) is 41.5 Å². The SMILES string of the molecule is CCOc1cc(/C=N\NC(=O)C(=O)NC[C@H]2CCCO2)ccc1OCC(=O)Nc1c(C)cccc1C. The van der Waals surface area contributed by atoms with Crippen LogP contribution in [0.1, 0.15) is 36.5 Å². The van der Waals surface area contributed by atoms with Crippen LogP contribution in [0, 0.1) is 13.8 Å². The molecule has 10 heteroatoms. The highest BCUT2D eigenvalue weighted by Gasteiger charge is 2.19. The van der Waals surface area contributed by atoms with E-state index in [2.05, 4.69) is 21.2 Å². The molecule has 2 aromatic rings. The van der Waals surface area contributed by atoms with E-state index in [9.17, 15) is 14.4 Å². The second-order valence-corrected chi connectivity index (χ2v) is 8.29. The molecule has 3 N–H and O–H groups in total. The molecule has 36 heavy (non-hydrogen) atoms. The van der Waals surface area contributed by atoms with Crippen molar-refractivity contribution in [2.45, 2.75) is 39.7 Å². The number of rotatable bonds is 10. The normalized spacial score (nSPS) is 14.9. The summed E-state index contributed by atoms with van der Waals surface area (Å²) in [7, 11) is 0. The Labute approximate surface area is 210 Å². The zero-order valence-corrected chi connectivity index (χ0v) is 20.8. The highest BCUT2D eigenvalue weighted by Crippen LogP contribution is 2.28. The first kappa shape index (κ1) is 26.7. The molecule has 192 valence electrons. The largest absolute Gasteiger partial charge is 0.490 e. The third kappa shape index (κ3) is 7.81. The van der Waals surface area contributed by atoms with Crippen LogP contribution in [0.5, 0.6) is 11.5 Å². The predicted octanol–water partition coefficient (Wildman–Crippen LogP) is 2.46. The van der Waals surface area contributed by atoms with E-state index in [0.717, 1.165) is 29.7 Å². The third-order valence-corrected chi connectivity index (χ3v) is 5.47. The summed E-state index contributed by atoms with van der Waals surface area (Å²) < 4.78 is 16.7. The minimum absolute atomic E-state index is 0.0550. The van der Waals surface area contributed by atoms with Gasteiger partial charge in [-0.2, -0.15) is 5.10 Å². The molecule has 0 spiro atoms. The Morgan fingerprint density at radius 1 is 1.08 bits per heavy atom. The molecule has 3 rings (SSSR count). The van der Waals surface area contributed by atoms with Crippen molar-refractivity contribution in [3.8, 4) is 11.5 Å². The minimum Gasteiger partial charge on any atom is -0.490 e. The molecule has 0 bridgehead atoms. The van der Waals surface area contributed by atoms with Crippen LogP contribution < -0.4 is 25.5 Å². The highest BCUT2D eigenvalue weighted by molar-refractivity contribution is 6.35. The van der Waals surface area contributed by atoms with E-state index in [0.29, 0.717) is 30.3 Å². The fourth-order valence-corrected chi connectivity index (χ4v) is 3.63. The van der Waals surface area contributed by atoms with Gasteiger partial charge in [-0.1, -0.05) is 18.2 Å². The number of ether oxygens (including phenoxy) is 3. The summed E-state index contributed by atoms with van der Waals surface area (Å²) in [5, 5.41) is 9.24. The molecule has 10 nitrogen and oxygen atoms in total. The number of aryl methyl sites for hydroxylation is 2. The molecule has 0 radical (unpaired) electrons. The number of nitrogens with zero attached hydrogens (tertiary/aromatic N) is 1. The Balaban J connectivity index is 1.53. The maximum atomic E-state index is 12.4. The summed E-state index contributed by atoms with van der Waals surface area (Å²) in [6.45, 7) is 6.83. The Morgan fingerprint density at radius 2 is 1.86 bits per heavy atom.